The molecule has 1 atom stereocenters. The van der Waals surface area contributed by atoms with E-state index in [2.05, 4.69) is 0 Å². The zero-order valence-electron chi connectivity index (χ0n) is 14.9. The van der Waals surface area contributed by atoms with E-state index in [9.17, 15) is 13.6 Å². The van der Waals surface area contributed by atoms with Crippen molar-refractivity contribution in [3.8, 4) is 0 Å². The number of carbonyl (C=O) groups excluding carboxylic acids is 1. The quantitative estimate of drug-likeness (QED) is 0.759. The molecule has 0 aromatic heterocycles. The van der Waals surface area contributed by atoms with Gasteiger partial charge >= 0.3 is 0 Å². The number of halogens is 2. The van der Waals surface area contributed by atoms with Crippen LogP contribution in [0.15, 0.2) is 0 Å². The molecule has 2 aliphatic carbocycles. The van der Waals surface area contributed by atoms with Gasteiger partial charge in [0, 0.05) is 51.0 Å². The molecule has 142 valence electrons. The highest BCUT2D eigenvalue weighted by Crippen LogP contribution is 2.47. The zero-order valence-corrected chi connectivity index (χ0v) is 14.9. The summed E-state index contributed by atoms with van der Waals surface area (Å²) in [5, 5.41) is 0. The topological polar surface area (TPSA) is 38.8 Å². The van der Waals surface area contributed by atoms with Crippen molar-refractivity contribution >= 4 is 5.91 Å². The molecule has 4 rings (SSSR count). The fourth-order valence-corrected chi connectivity index (χ4v) is 4.69. The molecule has 0 N–H and O–H groups in total. The van der Waals surface area contributed by atoms with E-state index in [1.807, 2.05) is 4.90 Å². The lowest BCUT2D eigenvalue weighted by atomic mass is 9.66. The zero-order chi connectivity index (χ0) is 17.5. The monoisotopic (exact) mass is 357 g/mol. The van der Waals surface area contributed by atoms with Gasteiger partial charge in [0.05, 0.1) is 13.2 Å². The summed E-state index contributed by atoms with van der Waals surface area (Å²) in [4.78, 5) is 14.2. The van der Waals surface area contributed by atoms with Crippen LogP contribution in [-0.2, 0) is 14.3 Å². The Hall–Kier alpha value is -0.750. The molecule has 25 heavy (non-hydrogen) atoms. The maximum absolute atomic E-state index is 13.0. The molecule has 0 aromatic carbocycles. The van der Waals surface area contributed by atoms with Crippen molar-refractivity contribution in [2.24, 2.45) is 23.2 Å². The van der Waals surface area contributed by atoms with E-state index in [0.29, 0.717) is 19.0 Å². The molecule has 2 saturated carbocycles. The summed E-state index contributed by atoms with van der Waals surface area (Å²) < 4.78 is 37.7. The Bertz CT molecular complexity index is 493. The Morgan fingerprint density at radius 2 is 1.84 bits per heavy atom. The van der Waals surface area contributed by atoms with Crippen LogP contribution in [0.1, 0.15) is 44.9 Å². The van der Waals surface area contributed by atoms with Crippen LogP contribution >= 0.6 is 0 Å². The third-order valence-corrected chi connectivity index (χ3v) is 6.81. The summed E-state index contributed by atoms with van der Waals surface area (Å²) in [7, 11) is 0. The van der Waals surface area contributed by atoms with Crippen LogP contribution < -0.4 is 0 Å². The minimum absolute atomic E-state index is 0.0608. The molecule has 1 amide bonds. The Morgan fingerprint density at radius 1 is 1.12 bits per heavy atom. The van der Waals surface area contributed by atoms with Gasteiger partial charge in [-0.3, -0.25) is 4.79 Å². The number of nitrogens with zero attached hydrogens (tertiary/aromatic N) is 1. The third-order valence-electron chi connectivity index (χ3n) is 6.81. The van der Waals surface area contributed by atoms with E-state index in [1.165, 1.54) is 12.8 Å². The van der Waals surface area contributed by atoms with E-state index >= 15 is 0 Å². The molecule has 2 aliphatic heterocycles. The molecule has 6 heteroatoms. The van der Waals surface area contributed by atoms with Crippen LogP contribution in [0.25, 0.3) is 0 Å². The lowest BCUT2D eigenvalue weighted by Crippen LogP contribution is -2.53. The molecule has 2 heterocycles. The number of piperidine rings is 1. The lowest BCUT2D eigenvalue weighted by molar-refractivity contribution is -0.164. The van der Waals surface area contributed by atoms with Gasteiger partial charge < -0.3 is 14.4 Å². The molecule has 0 bridgehead atoms. The number of carbonyl (C=O) groups is 1. The molecule has 4 aliphatic rings. The van der Waals surface area contributed by atoms with Crippen LogP contribution in [0.4, 0.5) is 8.78 Å². The highest BCUT2D eigenvalue weighted by molar-refractivity contribution is 5.80. The van der Waals surface area contributed by atoms with Crippen LogP contribution in [0.3, 0.4) is 0 Å². The molecule has 0 radical (unpaired) electrons. The molecular weight excluding hydrogens is 328 g/mol. The Balaban J connectivity index is 1.29. The fourth-order valence-electron chi connectivity index (χ4n) is 4.69. The standard InChI is InChI=1S/C19H29F2NO3/c20-19(21)9-15(10-19)17(23)22-6-3-18(4-7-22)5-8-24-12-16(18)13-25-11-14-1-2-14/h14-16H,1-13H2/t16-/m1/s1. The number of likely N-dealkylation sites (tertiary alicyclic amines) is 1. The summed E-state index contributed by atoms with van der Waals surface area (Å²) in [6.45, 7) is 4.53. The maximum Gasteiger partial charge on any atom is 0.249 e. The number of alkyl halides is 2. The van der Waals surface area contributed by atoms with Crippen molar-refractivity contribution in [2.45, 2.75) is 50.9 Å². The summed E-state index contributed by atoms with van der Waals surface area (Å²) in [5.74, 6) is -1.99. The summed E-state index contributed by atoms with van der Waals surface area (Å²) in [6.07, 6.45) is 4.98. The minimum Gasteiger partial charge on any atom is -0.381 e. The normalized spacial score (nSPS) is 31.8. The first-order chi connectivity index (χ1) is 12.0. The van der Waals surface area contributed by atoms with E-state index < -0.39 is 11.8 Å². The van der Waals surface area contributed by atoms with Gasteiger partial charge in [-0.1, -0.05) is 0 Å². The molecule has 0 unspecified atom stereocenters. The summed E-state index contributed by atoms with van der Waals surface area (Å²) in [5.41, 5.74) is 0.197. The summed E-state index contributed by atoms with van der Waals surface area (Å²) >= 11 is 0. The van der Waals surface area contributed by atoms with Crippen LogP contribution in [0.2, 0.25) is 0 Å². The first-order valence-electron chi connectivity index (χ1n) is 9.80. The highest BCUT2D eigenvalue weighted by atomic mass is 19.3. The minimum atomic E-state index is -2.62. The second kappa shape index (κ2) is 6.76. The fraction of sp³-hybridized carbons (Fsp3) is 0.947. The van der Waals surface area contributed by atoms with Gasteiger partial charge in [-0.05, 0) is 43.4 Å². The number of hydrogen-bond acceptors (Lipinski definition) is 3. The molecule has 2 saturated heterocycles. The lowest BCUT2D eigenvalue weighted by Gasteiger charge is -2.50. The first kappa shape index (κ1) is 17.7. The van der Waals surface area contributed by atoms with E-state index in [-0.39, 0.29) is 24.2 Å². The van der Waals surface area contributed by atoms with E-state index in [0.717, 1.165) is 51.6 Å². The van der Waals surface area contributed by atoms with Crippen LogP contribution in [0, 0.1) is 23.2 Å². The maximum atomic E-state index is 13.0. The number of amides is 1. The van der Waals surface area contributed by atoms with Crippen molar-refractivity contribution in [1.82, 2.24) is 4.90 Å². The number of ether oxygens (including phenoxy) is 2. The smallest absolute Gasteiger partial charge is 0.249 e. The Labute approximate surface area is 148 Å². The van der Waals surface area contributed by atoms with Crippen molar-refractivity contribution < 1.29 is 23.0 Å². The van der Waals surface area contributed by atoms with Gasteiger partial charge in [0.15, 0.2) is 0 Å². The van der Waals surface area contributed by atoms with Crippen molar-refractivity contribution in [2.75, 3.05) is 39.5 Å². The average molecular weight is 357 g/mol. The van der Waals surface area contributed by atoms with E-state index in [4.69, 9.17) is 9.47 Å². The molecular formula is C19H29F2NO3. The first-order valence-corrected chi connectivity index (χ1v) is 9.80. The van der Waals surface area contributed by atoms with E-state index in [1.54, 1.807) is 0 Å². The van der Waals surface area contributed by atoms with Gasteiger partial charge in [-0.2, -0.15) is 0 Å². The SMILES string of the molecule is O=C(C1CC(F)(F)C1)N1CCC2(CCOC[C@@H]2COCC2CC2)CC1. The molecule has 4 fully saturated rings. The van der Waals surface area contributed by atoms with Crippen molar-refractivity contribution in [3.05, 3.63) is 0 Å². The molecule has 0 aromatic rings. The predicted molar refractivity (Wildman–Crippen MR) is 88.4 cm³/mol. The van der Waals surface area contributed by atoms with Gasteiger partial charge in [-0.15, -0.1) is 0 Å². The Kier molecular flexibility index (Phi) is 4.78. The van der Waals surface area contributed by atoms with Crippen LogP contribution in [-0.4, -0.2) is 56.2 Å². The van der Waals surface area contributed by atoms with Crippen molar-refractivity contribution in [3.63, 3.8) is 0 Å². The van der Waals surface area contributed by atoms with Crippen LogP contribution in [0.5, 0.6) is 0 Å². The third kappa shape index (κ3) is 3.85. The summed E-state index contributed by atoms with van der Waals surface area (Å²) in [6, 6.07) is 0. The largest absolute Gasteiger partial charge is 0.381 e. The van der Waals surface area contributed by atoms with Crippen molar-refractivity contribution in [1.29, 1.82) is 0 Å². The highest BCUT2D eigenvalue weighted by Gasteiger charge is 2.51. The average Bonchev–Trinajstić information content (AvgIpc) is 3.39. The second-order valence-corrected chi connectivity index (χ2v) is 8.65. The predicted octanol–water partition coefficient (Wildman–Crippen LogP) is 3.10. The van der Waals surface area contributed by atoms with Gasteiger partial charge in [0.2, 0.25) is 11.8 Å². The molecule has 1 spiro atoms. The second-order valence-electron chi connectivity index (χ2n) is 8.65. The molecule has 4 nitrogen and oxygen atoms in total. The number of hydrogen-bond donors (Lipinski definition) is 0. The Morgan fingerprint density at radius 3 is 2.48 bits per heavy atom. The van der Waals surface area contributed by atoms with Gasteiger partial charge in [0.25, 0.3) is 0 Å². The number of rotatable bonds is 5. The van der Waals surface area contributed by atoms with Gasteiger partial charge in [-0.25, -0.2) is 8.78 Å². The van der Waals surface area contributed by atoms with Gasteiger partial charge in [0.1, 0.15) is 0 Å².